The first-order valence-electron chi connectivity index (χ1n) is 11.0. The van der Waals surface area contributed by atoms with Crippen LogP contribution in [0.15, 0.2) is 54.7 Å². The number of rotatable bonds is 9. The van der Waals surface area contributed by atoms with Crippen LogP contribution in [-0.2, 0) is 16.2 Å². The Labute approximate surface area is 236 Å². The normalized spacial score (nSPS) is 11.1. The van der Waals surface area contributed by atoms with Crippen LogP contribution in [0.3, 0.4) is 0 Å². The van der Waals surface area contributed by atoms with Gasteiger partial charge in [0.1, 0.15) is 18.1 Å². The highest BCUT2D eigenvalue weighted by Gasteiger charge is 2.38. The molecule has 0 bridgehead atoms. The van der Waals surface area contributed by atoms with E-state index in [4.69, 9.17) is 47.3 Å². The van der Waals surface area contributed by atoms with Crippen LogP contribution in [0.2, 0.25) is 10.0 Å². The molecule has 2 N–H and O–H groups in total. The Morgan fingerprint density at radius 3 is 2.10 bits per heavy atom. The van der Waals surface area contributed by atoms with E-state index in [1.54, 1.807) is 36.4 Å². The Bertz CT molecular complexity index is 1380. The topological polar surface area (TPSA) is 132 Å². The molecule has 9 nitrogen and oxygen atoms in total. The first-order valence-corrected chi connectivity index (χ1v) is 11.8. The van der Waals surface area contributed by atoms with E-state index < -0.39 is 29.5 Å². The first kappa shape index (κ1) is 32.2. The van der Waals surface area contributed by atoms with Gasteiger partial charge in [-0.15, -0.1) is 0 Å². The zero-order chi connectivity index (χ0) is 30.3. The van der Waals surface area contributed by atoms with Crippen molar-refractivity contribution in [1.29, 1.82) is 0 Å². The highest BCUT2D eigenvalue weighted by Crippen LogP contribution is 2.30. The SMILES string of the molecule is COc1ccc(C(=O)c2ccc(OCc3ccc(Cl)cc3Cl)nc2)c(OC(C)(C)C(=O)O)c1.O=C(O)C(F)(F)F. The molecule has 0 radical (unpaired) electrons. The molecule has 0 unspecified atom stereocenters. The summed E-state index contributed by atoms with van der Waals surface area (Å²) < 4.78 is 48.2. The van der Waals surface area contributed by atoms with Crippen molar-refractivity contribution in [2.75, 3.05) is 7.11 Å². The molecule has 0 saturated heterocycles. The van der Waals surface area contributed by atoms with Gasteiger partial charge in [0.2, 0.25) is 5.88 Å². The van der Waals surface area contributed by atoms with Gasteiger partial charge in [-0.3, -0.25) is 4.79 Å². The van der Waals surface area contributed by atoms with E-state index in [0.717, 1.165) is 5.56 Å². The number of carboxylic acids is 2. The molecule has 0 saturated carbocycles. The number of halogens is 5. The highest BCUT2D eigenvalue weighted by atomic mass is 35.5. The van der Waals surface area contributed by atoms with E-state index in [1.807, 2.05) is 0 Å². The second-order valence-corrected chi connectivity index (χ2v) is 9.16. The second kappa shape index (κ2) is 13.4. The van der Waals surface area contributed by atoms with Crippen LogP contribution in [0.5, 0.6) is 17.4 Å². The predicted molar refractivity (Wildman–Crippen MR) is 137 cm³/mol. The predicted octanol–water partition coefficient (Wildman–Crippen LogP) is 6.08. The maximum Gasteiger partial charge on any atom is 0.490 e. The molecule has 214 valence electrons. The number of pyridine rings is 1. The monoisotopic (exact) mass is 603 g/mol. The molecule has 0 amide bonds. The smallest absolute Gasteiger partial charge is 0.490 e. The summed E-state index contributed by atoms with van der Waals surface area (Å²) in [4.78, 5) is 37.7. The number of aliphatic carboxylic acids is 2. The van der Waals surface area contributed by atoms with Crippen molar-refractivity contribution in [1.82, 2.24) is 4.98 Å². The van der Waals surface area contributed by atoms with Crippen LogP contribution in [0.1, 0.15) is 35.3 Å². The molecule has 0 fully saturated rings. The molecule has 0 spiro atoms. The minimum Gasteiger partial charge on any atom is -0.497 e. The molecular weight excluding hydrogens is 582 g/mol. The Kier molecular flexibility index (Phi) is 10.7. The number of hydrogen-bond donors (Lipinski definition) is 2. The van der Waals surface area contributed by atoms with Crippen molar-refractivity contribution in [2.45, 2.75) is 32.2 Å². The van der Waals surface area contributed by atoms with Gasteiger partial charge in [-0.2, -0.15) is 13.2 Å². The summed E-state index contributed by atoms with van der Waals surface area (Å²) in [5.74, 6) is -3.51. The average Bonchev–Trinajstić information content (AvgIpc) is 2.87. The molecule has 1 heterocycles. The van der Waals surface area contributed by atoms with Gasteiger partial charge in [-0.1, -0.05) is 29.3 Å². The number of alkyl halides is 3. The number of ether oxygens (including phenoxy) is 3. The summed E-state index contributed by atoms with van der Waals surface area (Å²) in [6.07, 6.45) is -3.71. The van der Waals surface area contributed by atoms with E-state index in [-0.39, 0.29) is 23.5 Å². The maximum absolute atomic E-state index is 13.1. The fourth-order valence-electron chi connectivity index (χ4n) is 2.77. The van der Waals surface area contributed by atoms with Crippen molar-refractivity contribution in [3.05, 3.63) is 81.5 Å². The number of methoxy groups -OCH3 is 1. The van der Waals surface area contributed by atoms with Crippen LogP contribution in [0, 0.1) is 0 Å². The third-order valence-electron chi connectivity index (χ3n) is 4.95. The van der Waals surface area contributed by atoms with E-state index in [2.05, 4.69) is 4.98 Å². The first-order chi connectivity index (χ1) is 18.5. The zero-order valence-corrected chi connectivity index (χ0v) is 22.6. The summed E-state index contributed by atoms with van der Waals surface area (Å²) in [7, 11) is 1.46. The van der Waals surface area contributed by atoms with Gasteiger partial charge < -0.3 is 24.4 Å². The van der Waals surface area contributed by atoms with Crippen LogP contribution in [-0.4, -0.2) is 51.8 Å². The molecule has 0 aliphatic heterocycles. The lowest BCUT2D eigenvalue weighted by molar-refractivity contribution is -0.192. The number of benzene rings is 2. The van der Waals surface area contributed by atoms with Crippen molar-refractivity contribution >= 4 is 40.9 Å². The number of ketones is 1. The van der Waals surface area contributed by atoms with E-state index in [9.17, 15) is 27.9 Å². The summed E-state index contributed by atoms with van der Waals surface area (Å²) in [6.45, 7) is 2.96. The molecule has 0 atom stereocenters. The average molecular weight is 604 g/mol. The fraction of sp³-hybridized carbons (Fsp3) is 0.231. The Morgan fingerprint density at radius 2 is 1.60 bits per heavy atom. The molecule has 14 heteroatoms. The highest BCUT2D eigenvalue weighted by molar-refractivity contribution is 6.35. The fourth-order valence-corrected chi connectivity index (χ4v) is 3.23. The molecule has 0 aliphatic carbocycles. The molecular formula is C26H22Cl2F3NO8. The molecule has 3 aromatic rings. The molecule has 40 heavy (non-hydrogen) atoms. The van der Waals surface area contributed by atoms with Crippen LogP contribution >= 0.6 is 23.2 Å². The lowest BCUT2D eigenvalue weighted by atomic mass is 10.0. The Morgan fingerprint density at radius 1 is 0.950 bits per heavy atom. The van der Waals surface area contributed by atoms with Gasteiger partial charge >= 0.3 is 18.1 Å². The minimum atomic E-state index is -5.08. The van der Waals surface area contributed by atoms with E-state index >= 15 is 0 Å². The quantitative estimate of drug-likeness (QED) is 0.279. The van der Waals surface area contributed by atoms with Crippen LogP contribution < -0.4 is 14.2 Å². The second-order valence-electron chi connectivity index (χ2n) is 8.32. The van der Waals surface area contributed by atoms with Crippen molar-refractivity contribution in [2.24, 2.45) is 0 Å². The molecule has 1 aromatic heterocycles. The minimum absolute atomic E-state index is 0.0875. The molecule has 2 aromatic carbocycles. The van der Waals surface area contributed by atoms with Gasteiger partial charge in [0.25, 0.3) is 0 Å². The summed E-state index contributed by atoms with van der Waals surface area (Å²) in [5, 5.41) is 17.5. The number of aromatic nitrogens is 1. The van der Waals surface area contributed by atoms with E-state index in [0.29, 0.717) is 21.7 Å². The number of nitrogens with zero attached hydrogens (tertiary/aromatic N) is 1. The van der Waals surface area contributed by atoms with Gasteiger partial charge in [0, 0.05) is 39.5 Å². The number of hydrogen-bond acceptors (Lipinski definition) is 7. The molecule has 0 aliphatic rings. The standard InChI is InChI=1S/C24H21Cl2NO6.C2HF3O2/c1-24(2,23(29)30)33-20-11-17(31-3)7-8-18(20)22(28)14-5-9-21(27-12-14)32-13-15-4-6-16(25)10-19(15)26;3-2(4,5)1(6)7/h4-12H,13H2,1-3H3,(H,29,30);(H,6,7). The van der Waals surface area contributed by atoms with Crippen LogP contribution in [0.25, 0.3) is 0 Å². The lowest BCUT2D eigenvalue weighted by Crippen LogP contribution is -2.38. The van der Waals surface area contributed by atoms with Gasteiger partial charge in [0.15, 0.2) is 11.4 Å². The molecule has 3 rings (SSSR count). The number of carboxylic acid groups (broad SMARTS) is 2. The number of carbonyl (C=O) groups is 3. The largest absolute Gasteiger partial charge is 0.497 e. The third-order valence-corrected chi connectivity index (χ3v) is 5.53. The van der Waals surface area contributed by atoms with Gasteiger partial charge in [-0.05, 0) is 44.2 Å². The number of carbonyl (C=O) groups excluding carboxylic acids is 1. The van der Waals surface area contributed by atoms with Gasteiger partial charge in [-0.25, -0.2) is 14.6 Å². The lowest BCUT2D eigenvalue weighted by Gasteiger charge is -2.23. The van der Waals surface area contributed by atoms with Crippen molar-refractivity contribution in [3.63, 3.8) is 0 Å². The van der Waals surface area contributed by atoms with Gasteiger partial charge in [0.05, 0.1) is 12.7 Å². The summed E-state index contributed by atoms with van der Waals surface area (Å²) in [5.41, 5.74) is -0.368. The summed E-state index contributed by atoms with van der Waals surface area (Å²) in [6, 6.07) is 12.8. The zero-order valence-electron chi connectivity index (χ0n) is 21.1. The third kappa shape index (κ3) is 9.02. The summed E-state index contributed by atoms with van der Waals surface area (Å²) >= 11 is 12.0. The Hall–Kier alpha value is -4.03. The Balaban J connectivity index is 0.000000708. The van der Waals surface area contributed by atoms with Crippen LogP contribution in [0.4, 0.5) is 13.2 Å². The van der Waals surface area contributed by atoms with Crippen molar-refractivity contribution < 1.29 is 52.0 Å². The maximum atomic E-state index is 13.1. The van der Waals surface area contributed by atoms with E-state index in [1.165, 1.54) is 39.3 Å². The van der Waals surface area contributed by atoms with Crippen molar-refractivity contribution in [3.8, 4) is 17.4 Å².